The Morgan fingerprint density at radius 1 is 1.38 bits per heavy atom. The lowest BCUT2D eigenvalue weighted by Gasteiger charge is -2.06. The minimum Gasteiger partial charge on any atom is -0.230 e. The molecular formula is C7H2ClF3N2. The van der Waals surface area contributed by atoms with Crippen LogP contribution in [0.3, 0.4) is 0 Å². The molecule has 1 aromatic heterocycles. The van der Waals surface area contributed by atoms with Crippen LogP contribution in [-0.4, -0.2) is 4.98 Å². The summed E-state index contributed by atoms with van der Waals surface area (Å²) in [5.41, 5.74) is -1.78. The highest BCUT2D eigenvalue weighted by molar-refractivity contribution is 6.29. The molecular weight excluding hydrogens is 205 g/mol. The predicted octanol–water partition coefficient (Wildman–Crippen LogP) is 2.63. The molecule has 0 aromatic carbocycles. The Hall–Kier alpha value is -1.28. The van der Waals surface area contributed by atoms with Crippen molar-refractivity contribution in [3.05, 3.63) is 28.5 Å². The van der Waals surface area contributed by atoms with Gasteiger partial charge in [0.15, 0.2) is 5.69 Å². The first-order valence-electron chi connectivity index (χ1n) is 3.09. The van der Waals surface area contributed by atoms with Crippen LogP contribution in [0.4, 0.5) is 13.2 Å². The van der Waals surface area contributed by atoms with E-state index in [4.69, 9.17) is 16.9 Å². The van der Waals surface area contributed by atoms with E-state index >= 15 is 0 Å². The molecule has 0 bridgehead atoms. The molecule has 0 spiro atoms. The Labute approximate surface area is 76.6 Å². The summed E-state index contributed by atoms with van der Waals surface area (Å²) in [6.45, 7) is 0. The summed E-state index contributed by atoms with van der Waals surface area (Å²) in [5, 5.41) is 8.05. The van der Waals surface area contributed by atoms with Gasteiger partial charge in [-0.25, -0.2) is 4.98 Å². The Morgan fingerprint density at radius 3 is 2.46 bits per heavy atom. The van der Waals surface area contributed by atoms with Crippen molar-refractivity contribution in [1.82, 2.24) is 4.98 Å². The molecule has 0 aliphatic heterocycles. The highest BCUT2D eigenvalue weighted by Crippen LogP contribution is 2.30. The van der Waals surface area contributed by atoms with E-state index in [1.165, 1.54) is 6.07 Å². The van der Waals surface area contributed by atoms with Crippen molar-refractivity contribution in [3.63, 3.8) is 0 Å². The summed E-state index contributed by atoms with van der Waals surface area (Å²) in [5.74, 6) is 0. The predicted molar refractivity (Wildman–Crippen MR) is 39.0 cm³/mol. The zero-order valence-corrected chi connectivity index (χ0v) is 6.82. The smallest absolute Gasteiger partial charge is 0.230 e. The molecule has 6 heteroatoms. The fourth-order valence-electron chi connectivity index (χ4n) is 0.742. The van der Waals surface area contributed by atoms with E-state index in [0.29, 0.717) is 0 Å². The third-order valence-electron chi connectivity index (χ3n) is 1.25. The molecule has 0 amide bonds. The molecule has 0 N–H and O–H groups in total. The fourth-order valence-corrected chi connectivity index (χ4v) is 0.889. The van der Waals surface area contributed by atoms with Crippen molar-refractivity contribution in [2.75, 3.05) is 0 Å². The molecule has 0 saturated heterocycles. The van der Waals surface area contributed by atoms with E-state index in [9.17, 15) is 13.2 Å². The van der Waals surface area contributed by atoms with Crippen LogP contribution in [0, 0.1) is 11.3 Å². The van der Waals surface area contributed by atoms with Gasteiger partial charge in [0.1, 0.15) is 11.2 Å². The molecule has 0 radical (unpaired) electrons. The first kappa shape index (κ1) is 9.81. The number of nitrogens with zero attached hydrogens (tertiary/aromatic N) is 2. The number of alkyl halides is 3. The molecule has 2 nitrogen and oxygen atoms in total. The first-order chi connectivity index (χ1) is 5.95. The van der Waals surface area contributed by atoms with E-state index in [1.807, 2.05) is 0 Å². The number of halogens is 4. The maximum Gasteiger partial charge on any atom is 0.434 e. The van der Waals surface area contributed by atoms with Crippen LogP contribution in [0.5, 0.6) is 0 Å². The Balaban J connectivity index is 3.35. The Morgan fingerprint density at radius 2 is 2.00 bits per heavy atom. The van der Waals surface area contributed by atoms with Crippen LogP contribution in [0.2, 0.25) is 5.15 Å². The Bertz CT molecular complexity index is 367. The largest absolute Gasteiger partial charge is 0.434 e. The van der Waals surface area contributed by atoms with Crippen molar-refractivity contribution in [2.24, 2.45) is 0 Å². The molecule has 0 aliphatic rings. The van der Waals surface area contributed by atoms with E-state index in [2.05, 4.69) is 4.98 Å². The lowest BCUT2D eigenvalue weighted by Crippen LogP contribution is -2.10. The lowest BCUT2D eigenvalue weighted by molar-refractivity contribution is -0.141. The van der Waals surface area contributed by atoms with Crippen LogP contribution in [0.25, 0.3) is 0 Å². The average molecular weight is 207 g/mol. The van der Waals surface area contributed by atoms with E-state index in [-0.39, 0.29) is 5.15 Å². The second kappa shape index (κ2) is 3.23. The van der Waals surface area contributed by atoms with Crippen molar-refractivity contribution in [3.8, 4) is 6.07 Å². The number of aromatic nitrogens is 1. The number of pyridine rings is 1. The van der Waals surface area contributed by atoms with Crippen molar-refractivity contribution in [1.29, 1.82) is 5.26 Å². The molecule has 0 atom stereocenters. The zero-order valence-electron chi connectivity index (χ0n) is 6.06. The van der Waals surface area contributed by atoms with Crippen molar-refractivity contribution in [2.45, 2.75) is 6.18 Å². The van der Waals surface area contributed by atoms with Gasteiger partial charge in [-0.1, -0.05) is 11.6 Å². The summed E-state index contributed by atoms with van der Waals surface area (Å²) in [6.07, 6.45) is -4.64. The van der Waals surface area contributed by atoms with E-state index in [1.54, 1.807) is 0 Å². The third-order valence-corrected chi connectivity index (χ3v) is 1.46. The van der Waals surface area contributed by atoms with Gasteiger partial charge < -0.3 is 0 Å². The van der Waals surface area contributed by atoms with Gasteiger partial charge in [-0.15, -0.1) is 0 Å². The monoisotopic (exact) mass is 206 g/mol. The molecule has 0 fully saturated rings. The van der Waals surface area contributed by atoms with Gasteiger partial charge in [-0.05, 0) is 12.1 Å². The van der Waals surface area contributed by atoms with Crippen LogP contribution >= 0.6 is 11.6 Å². The van der Waals surface area contributed by atoms with Gasteiger partial charge in [-0.2, -0.15) is 18.4 Å². The van der Waals surface area contributed by atoms with Gasteiger partial charge in [0.2, 0.25) is 0 Å². The molecule has 0 unspecified atom stereocenters. The van der Waals surface area contributed by atoms with Crippen molar-refractivity contribution >= 4 is 11.6 Å². The summed E-state index contributed by atoms with van der Waals surface area (Å²) < 4.78 is 36.4. The van der Waals surface area contributed by atoms with Gasteiger partial charge in [-0.3, -0.25) is 0 Å². The summed E-state index contributed by atoms with van der Waals surface area (Å²) >= 11 is 5.26. The SMILES string of the molecule is N#Cc1ccc(Cl)nc1C(F)(F)F. The minimum absolute atomic E-state index is 0.286. The second-order valence-electron chi connectivity index (χ2n) is 2.14. The maximum absolute atomic E-state index is 12.1. The Kier molecular flexibility index (Phi) is 2.43. The number of hydrogen-bond donors (Lipinski definition) is 0. The molecule has 1 aromatic rings. The minimum atomic E-state index is -4.64. The molecule has 13 heavy (non-hydrogen) atoms. The fraction of sp³-hybridized carbons (Fsp3) is 0.143. The highest BCUT2D eigenvalue weighted by atomic mass is 35.5. The summed E-state index contributed by atoms with van der Waals surface area (Å²) in [6, 6.07) is 3.51. The van der Waals surface area contributed by atoms with Crippen LogP contribution < -0.4 is 0 Å². The standard InChI is InChI=1S/C7H2ClF3N2/c8-5-2-1-4(3-12)6(13-5)7(9,10)11/h1-2H. The third kappa shape index (κ3) is 2.10. The molecule has 68 valence electrons. The molecule has 1 rings (SSSR count). The second-order valence-corrected chi connectivity index (χ2v) is 2.53. The number of hydrogen-bond acceptors (Lipinski definition) is 2. The van der Waals surface area contributed by atoms with Gasteiger partial charge in [0.25, 0.3) is 0 Å². The van der Waals surface area contributed by atoms with E-state index < -0.39 is 17.4 Å². The lowest BCUT2D eigenvalue weighted by atomic mass is 10.2. The normalized spacial score (nSPS) is 11.0. The molecule has 0 saturated carbocycles. The molecule has 0 aliphatic carbocycles. The zero-order chi connectivity index (χ0) is 10.1. The average Bonchev–Trinajstić information content (AvgIpc) is 2.03. The molecule has 1 heterocycles. The number of rotatable bonds is 0. The maximum atomic E-state index is 12.1. The van der Waals surface area contributed by atoms with Gasteiger partial charge in [0, 0.05) is 0 Å². The van der Waals surface area contributed by atoms with Crippen LogP contribution in [-0.2, 0) is 6.18 Å². The highest BCUT2D eigenvalue weighted by Gasteiger charge is 2.35. The number of nitriles is 1. The summed E-state index contributed by atoms with van der Waals surface area (Å²) in [4.78, 5) is 3.03. The van der Waals surface area contributed by atoms with Gasteiger partial charge >= 0.3 is 6.18 Å². The van der Waals surface area contributed by atoms with Crippen molar-refractivity contribution < 1.29 is 13.2 Å². The summed E-state index contributed by atoms with van der Waals surface area (Å²) in [7, 11) is 0. The topological polar surface area (TPSA) is 36.7 Å². The van der Waals surface area contributed by atoms with E-state index in [0.717, 1.165) is 12.1 Å². The first-order valence-corrected chi connectivity index (χ1v) is 3.47. The van der Waals surface area contributed by atoms with Crippen LogP contribution in [0.1, 0.15) is 11.3 Å². The van der Waals surface area contributed by atoms with Crippen LogP contribution in [0.15, 0.2) is 12.1 Å². The van der Waals surface area contributed by atoms with Gasteiger partial charge in [0.05, 0.1) is 5.56 Å². The quantitative estimate of drug-likeness (QED) is 0.612.